The van der Waals surface area contributed by atoms with Crippen molar-refractivity contribution in [1.29, 1.82) is 0 Å². The van der Waals surface area contributed by atoms with Crippen LogP contribution >= 0.6 is 0 Å². The van der Waals surface area contributed by atoms with Crippen LogP contribution in [0, 0.1) is 0 Å². The number of carbonyl (C=O) groups excluding carboxylic acids is 3. The van der Waals surface area contributed by atoms with E-state index in [1.165, 1.54) is 6.08 Å². The van der Waals surface area contributed by atoms with Crippen LogP contribution in [0.2, 0.25) is 0 Å². The minimum absolute atomic E-state index is 0.0493. The predicted octanol–water partition coefficient (Wildman–Crippen LogP) is 0.390. The standard InChI is InChI=1S/C8H9NO5/c1-3-5-4-6(10)9(7(5)11)14-8(12)13-2/h3H,4H2,1-2H3. The fraction of sp³-hybridized carbons (Fsp3) is 0.375. The lowest BCUT2D eigenvalue weighted by Crippen LogP contribution is -2.32. The van der Waals surface area contributed by atoms with Crippen LogP contribution in [-0.4, -0.2) is 30.1 Å². The Labute approximate surface area is 80.0 Å². The van der Waals surface area contributed by atoms with E-state index in [-0.39, 0.29) is 6.42 Å². The van der Waals surface area contributed by atoms with E-state index >= 15 is 0 Å². The van der Waals surface area contributed by atoms with E-state index in [2.05, 4.69) is 9.57 Å². The fourth-order valence-corrected chi connectivity index (χ4v) is 0.984. The summed E-state index contributed by atoms with van der Waals surface area (Å²) in [4.78, 5) is 37.4. The molecule has 0 aromatic heterocycles. The molecule has 0 aromatic carbocycles. The van der Waals surface area contributed by atoms with E-state index in [1.807, 2.05) is 0 Å². The van der Waals surface area contributed by atoms with Gasteiger partial charge in [-0.3, -0.25) is 14.4 Å². The van der Waals surface area contributed by atoms with Gasteiger partial charge in [0.15, 0.2) is 0 Å². The molecule has 14 heavy (non-hydrogen) atoms. The van der Waals surface area contributed by atoms with Crippen LogP contribution in [0.4, 0.5) is 4.79 Å². The summed E-state index contributed by atoms with van der Waals surface area (Å²) in [6.45, 7) is 1.63. The SMILES string of the molecule is CC=C1CC(=O)N(OC(=O)OC)C1=O. The van der Waals surface area contributed by atoms with Crippen LogP contribution in [0.15, 0.2) is 11.6 Å². The van der Waals surface area contributed by atoms with Crippen molar-refractivity contribution in [3.63, 3.8) is 0 Å². The Balaban J connectivity index is 2.76. The zero-order chi connectivity index (χ0) is 10.7. The van der Waals surface area contributed by atoms with Crippen molar-refractivity contribution in [2.24, 2.45) is 0 Å². The molecule has 1 saturated heterocycles. The van der Waals surface area contributed by atoms with Crippen molar-refractivity contribution in [3.05, 3.63) is 11.6 Å². The molecule has 0 bridgehead atoms. The highest BCUT2D eigenvalue weighted by molar-refractivity contribution is 6.12. The molecule has 0 spiro atoms. The quantitative estimate of drug-likeness (QED) is 0.347. The summed E-state index contributed by atoms with van der Waals surface area (Å²) in [5.41, 5.74) is 0.305. The molecule has 0 aromatic rings. The van der Waals surface area contributed by atoms with Crippen molar-refractivity contribution < 1.29 is 24.0 Å². The number of carbonyl (C=O) groups is 3. The Kier molecular flexibility index (Phi) is 2.85. The highest BCUT2D eigenvalue weighted by Crippen LogP contribution is 2.18. The number of hydrogen-bond acceptors (Lipinski definition) is 5. The molecule has 0 aliphatic carbocycles. The zero-order valence-corrected chi connectivity index (χ0v) is 7.77. The summed E-state index contributed by atoms with van der Waals surface area (Å²) in [5.74, 6) is -1.20. The number of ether oxygens (including phenoxy) is 1. The lowest BCUT2D eigenvalue weighted by atomic mass is 10.2. The molecule has 6 heteroatoms. The third-order valence-corrected chi connectivity index (χ3v) is 1.71. The summed E-state index contributed by atoms with van der Waals surface area (Å²) in [6.07, 6.45) is 0.358. The molecule has 0 N–H and O–H groups in total. The second kappa shape index (κ2) is 3.91. The number of allylic oxidation sites excluding steroid dienone is 1. The normalized spacial score (nSPS) is 19.0. The molecule has 0 atom stereocenters. The minimum Gasteiger partial charge on any atom is -0.436 e. The van der Waals surface area contributed by atoms with Gasteiger partial charge in [0, 0.05) is 5.57 Å². The molecule has 76 valence electrons. The van der Waals surface area contributed by atoms with Gasteiger partial charge < -0.3 is 4.74 Å². The monoisotopic (exact) mass is 199 g/mol. The summed E-state index contributed by atoms with van der Waals surface area (Å²) in [7, 11) is 1.09. The first-order chi connectivity index (χ1) is 6.60. The summed E-state index contributed by atoms with van der Waals surface area (Å²) in [6, 6.07) is 0. The molecular formula is C8H9NO5. The first-order valence-electron chi connectivity index (χ1n) is 3.88. The van der Waals surface area contributed by atoms with E-state index in [4.69, 9.17) is 0 Å². The number of imide groups is 1. The first kappa shape index (κ1) is 10.2. The van der Waals surface area contributed by atoms with Crippen LogP contribution in [0.5, 0.6) is 0 Å². The lowest BCUT2D eigenvalue weighted by molar-refractivity contribution is -0.175. The molecule has 0 radical (unpaired) electrons. The molecule has 1 rings (SSSR count). The van der Waals surface area contributed by atoms with Gasteiger partial charge in [-0.1, -0.05) is 11.1 Å². The van der Waals surface area contributed by atoms with E-state index in [1.54, 1.807) is 6.92 Å². The van der Waals surface area contributed by atoms with E-state index in [0.717, 1.165) is 7.11 Å². The number of hydroxylamine groups is 2. The van der Waals surface area contributed by atoms with Gasteiger partial charge in [0.25, 0.3) is 11.8 Å². The van der Waals surface area contributed by atoms with Crippen molar-refractivity contribution in [2.75, 3.05) is 7.11 Å². The van der Waals surface area contributed by atoms with Gasteiger partial charge in [-0.15, -0.1) is 0 Å². The van der Waals surface area contributed by atoms with Gasteiger partial charge in [-0.05, 0) is 6.92 Å². The Morgan fingerprint density at radius 3 is 2.57 bits per heavy atom. The molecule has 0 unspecified atom stereocenters. The maximum atomic E-state index is 11.3. The summed E-state index contributed by atoms with van der Waals surface area (Å²) < 4.78 is 4.15. The van der Waals surface area contributed by atoms with Gasteiger partial charge in [0.05, 0.1) is 13.5 Å². The third kappa shape index (κ3) is 1.73. The molecule has 1 fully saturated rings. The molecule has 6 nitrogen and oxygen atoms in total. The van der Waals surface area contributed by atoms with Gasteiger partial charge in [-0.25, -0.2) is 4.79 Å². The molecule has 1 aliphatic heterocycles. The number of amides is 2. The first-order valence-corrected chi connectivity index (χ1v) is 3.88. The summed E-state index contributed by atoms with van der Waals surface area (Å²) in [5, 5.41) is 0.404. The topological polar surface area (TPSA) is 72.9 Å². The van der Waals surface area contributed by atoms with Crippen molar-refractivity contribution >= 4 is 18.0 Å². The predicted molar refractivity (Wildman–Crippen MR) is 43.7 cm³/mol. The maximum absolute atomic E-state index is 11.3. The van der Waals surface area contributed by atoms with Crippen molar-refractivity contribution in [3.8, 4) is 0 Å². The smallest absolute Gasteiger partial charge is 0.436 e. The second-order valence-corrected chi connectivity index (χ2v) is 2.53. The van der Waals surface area contributed by atoms with Gasteiger partial charge in [0.2, 0.25) is 0 Å². The average molecular weight is 199 g/mol. The molecule has 2 amide bonds. The average Bonchev–Trinajstić information content (AvgIpc) is 2.44. The van der Waals surface area contributed by atoms with Gasteiger partial charge in [0.1, 0.15) is 0 Å². The third-order valence-electron chi connectivity index (χ3n) is 1.71. The lowest BCUT2D eigenvalue weighted by Gasteiger charge is -2.10. The largest absolute Gasteiger partial charge is 0.533 e. The highest BCUT2D eigenvalue weighted by atomic mass is 16.8. The second-order valence-electron chi connectivity index (χ2n) is 2.53. The van der Waals surface area contributed by atoms with Gasteiger partial charge in [-0.2, -0.15) is 0 Å². The number of methoxy groups -OCH3 is 1. The van der Waals surface area contributed by atoms with Crippen molar-refractivity contribution in [2.45, 2.75) is 13.3 Å². The maximum Gasteiger partial charge on any atom is 0.533 e. The van der Waals surface area contributed by atoms with Crippen LogP contribution in [0.25, 0.3) is 0 Å². The highest BCUT2D eigenvalue weighted by Gasteiger charge is 2.37. The molecule has 0 saturated carbocycles. The van der Waals surface area contributed by atoms with Crippen LogP contribution in [0.3, 0.4) is 0 Å². The Morgan fingerprint density at radius 1 is 1.50 bits per heavy atom. The zero-order valence-electron chi connectivity index (χ0n) is 7.77. The van der Waals surface area contributed by atoms with E-state index in [0.29, 0.717) is 10.6 Å². The Morgan fingerprint density at radius 2 is 2.14 bits per heavy atom. The molecule has 1 heterocycles. The van der Waals surface area contributed by atoms with E-state index in [9.17, 15) is 14.4 Å². The molecule has 1 aliphatic rings. The minimum atomic E-state index is -1.09. The fourth-order valence-electron chi connectivity index (χ4n) is 0.984. The molecular weight excluding hydrogens is 190 g/mol. The number of rotatable bonds is 1. The Hall–Kier alpha value is -1.85. The van der Waals surface area contributed by atoms with Crippen LogP contribution in [-0.2, 0) is 19.2 Å². The van der Waals surface area contributed by atoms with Crippen molar-refractivity contribution in [1.82, 2.24) is 5.06 Å². The van der Waals surface area contributed by atoms with Crippen LogP contribution in [0.1, 0.15) is 13.3 Å². The summed E-state index contributed by atoms with van der Waals surface area (Å²) >= 11 is 0. The number of nitrogens with zero attached hydrogens (tertiary/aromatic N) is 1. The van der Waals surface area contributed by atoms with E-state index < -0.39 is 18.0 Å². The Bertz CT molecular complexity index is 320. The van der Waals surface area contributed by atoms with Gasteiger partial charge >= 0.3 is 6.16 Å². The number of hydrogen-bond donors (Lipinski definition) is 0. The van der Waals surface area contributed by atoms with Crippen LogP contribution < -0.4 is 0 Å².